The maximum absolute atomic E-state index is 11.5. The third-order valence-electron chi connectivity index (χ3n) is 7.14. The first-order valence-corrected chi connectivity index (χ1v) is 11.4. The van der Waals surface area contributed by atoms with E-state index in [1.54, 1.807) is 0 Å². The highest BCUT2D eigenvalue weighted by Crippen LogP contribution is 2.38. The standard InChI is InChI=1S/C23H42O2/c1-19-13-10-11-16-21(23(24)25)17-12-18-22(19)20-14-8-6-4-2-3-5-7-9-15-20/h19-22H,2-18H2,1H3,(H,24,25). The molecule has 0 aromatic carbocycles. The van der Waals surface area contributed by atoms with E-state index >= 15 is 0 Å². The zero-order chi connectivity index (χ0) is 17.9. The lowest BCUT2D eigenvalue weighted by atomic mass is 9.72. The van der Waals surface area contributed by atoms with Gasteiger partial charge in [0, 0.05) is 0 Å². The van der Waals surface area contributed by atoms with Gasteiger partial charge in [0.1, 0.15) is 0 Å². The molecule has 146 valence electrons. The Labute approximate surface area is 156 Å². The predicted molar refractivity (Wildman–Crippen MR) is 106 cm³/mol. The van der Waals surface area contributed by atoms with Crippen molar-refractivity contribution in [1.82, 2.24) is 0 Å². The van der Waals surface area contributed by atoms with Gasteiger partial charge >= 0.3 is 5.97 Å². The zero-order valence-electron chi connectivity index (χ0n) is 16.7. The molecule has 0 radical (unpaired) electrons. The molecule has 0 saturated heterocycles. The molecule has 2 saturated carbocycles. The van der Waals surface area contributed by atoms with E-state index in [1.165, 1.54) is 83.5 Å². The normalized spacial score (nSPS) is 32.4. The van der Waals surface area contributed by atoms with E-state index in [4.69, 9.17) is 0 Å². The number of hydrogen-bond acceptors (Lipinski definition) is 1. The Balaban J connectivity index is 1.96. The summed E-state index contributed by atoms with van der Waals surface area (Å²) < 4.78 is 0. The molecule has 2 aliphatic rings. The summed E-state index contributed by atoms with van der Waals surface area (Å²) in [4.78, 5) is 11.5. The Morgan fingerprint density at radius 1 is 0.640 bits per heavy atom. The molecular formula is C23H42O2. The van der Waals surface area contributed by atoms with Gasteiger partial charge in [0.25, 0.3) is 0 Å². The molecule has 0 amide bonds. The zero-order valence-corrected chi connectivity index (χ0v) is 16.7. The fourth-order valence-corrected chi connectivity index (χ4v) is 5.49. The van der Waals surface area contributed by atoms with Crippen molar-refractivity contribution < 1.29 is 9.90 Å². The Bertz CT molecular complexity index is 353. The molecule has 2 rings (SSSR count). The molecule has 0 aromatic rings. The molecule has 0 heterocycles. The quantitative estimate of drug-likeness (QED) is 0.571. The van der Waals surface area contributed by atoms with E-state index < -0.39 is 5.97 Å². The summed E-state index contributed by atoms with van der Waals surface area (Å²) >= 11 is 0. The lowest BCUT2D eigenvalue weighted by Crippen LogP contribution is -2.24. The van der Waals surface area contributed by atoms with Gasteiger partial charge in [-0.05, 0) is 37.0 Å². The van der Waals surface area contributed by atoms with E-state index in [2.05, 4.69) is 6.92 Å². The van der Waals surface area contributed by atoms with Crippen molar-refractivity contribution in [3.63, 3.8) is 0 Å². The summed E-state index contributed by atoms with van der Waals surface area (Å²) in [6.45, 7) is 2.49. The van der Waals surface area contributed by atoms with Crippen LogP contribution in [0, 0.1) is 23.7 Å². The van der Waals surface area contributed by atoms with E-state index in [0.29, 0.717) is 0 Å². The average Bonchev–Trinajstić information content (AvgIpc) is 2.65. The predicted octanol–water partition coefficient (Wildman–Crippen LogP) is 7.21. The molecule has 0 aliphatic heterocycles. The van der Waals surface area contributed by atoms with E-state index in [0.717, 1.165) is 43.4 Å². The first kappa shape index (κ1) is 20.8. The molecule has 2 nitrogen and oxygen atoms in total. The number of carboxylic acids is 1. The topological polar surface area (TPSA) is 37.3 Å². The maximum atomic E-state index is 11.5. The average molecular weight is 351 g/mol. The van der Waals surface area contributed by atoms with Crippen LogP contribution in [0.15, 0.2) is 0 Å². The number of carbonyl (C=O) groups is 1. The van der Waals surface area contributed by atoms with Gasteiger partial charge < -0.3 is 5.11 Å². The summed E-state index contributed by atoms with van der Waals surface area (Å²) in [5.74, 6) is 1.93. The van der Waals surface area contributed by atoms with Gasteiger partial charge in [0.05, 0.1) is 5.92 Å². The van der Waals surface area contributed by atoms with Crippen LogP contribution in [0.25, 0.3) is 0 Å². The summed E-state index contributed by atoms with van der Waals surface area (Å²) in [5, 5.41) is 9.44. The molecule has 2 heteroatoms. The summed E-state index contributed by atoms with van der Waals surface area (Å²) in [5.41, 5.74) is 0. The maximum Gasteiger partial charge on any atom is 0.306 e. The van der Waals surface area contributed by atoms with Gasteiger partial charge in [-0.15, -0.1) is 0 Å². The van der Waals surface area contributed by atoms with Crippen LogP contribution in [-0.4, -0.2) is 11.1 Å². The third kappa shape index (κ3) is 7.71. The lowest BCUT2D eigenvalue weighted by Gasteiger charge is -2.34. The van der Waals surface area contributed by atoms with Crippen molar-refractivity contribution in [3.05, 3.63) is 0 Å². The molecule has 2 aliphatic carbocycles. The smallest absolute Gasteiger partial charge is 0.306 e. The molecule has 0 bridgehead atoms. The van der Waals surface area contributed by atoms with Crippen molar-refractivity contribution in [2.24, 2.45) is 23.7 Å². The summed E-state index contributed by atoms with van der Waals surface area (Å²) in [6.07, 6.45) is 22.2. The molecule has 3 atom stereocenters. The molecule has 2 fully saturated rings. The third-order valence-corrected chi connectivity index (χ3v) is 7.14. The van der Waals surface area contributed by atoms with Gasteiger partial charge in [-0.1, -0.05) is 96.8 Å². The second-order valence-corrected chi connectivity index (χ2v) is 9.06. The molecule has 1 N–H and O–H groups in total. The largest absolute Gasteiger partial charge is 0.481 e. The van der Waals surface area contributed by atoms with Crippen molar-refractivity contribution in [1.29, 1.82) is 0 Å². The van der Waals surface area contributed by atoms with Gasteiger partial charge in [-0.2, -0.15) is 0 Å². The molecule has 0 spiro atoms. The Kier molecular flexibility index (Phi) is 9.94. The molecule has 25 heavy (non-hydrogen) atoms. The highest BCUT2D eigenvalue weighted by atomic mass is 16.4. The minimum absolute atomic E-state index is 0.0818. The van der Waals surface area contributed by atoms with Crippen LogP contribution >= 0.6 is 0 Å². The van der Waals surface area contributed by atoms with Crippen molar-refractivity contribution in [3.8, 4) is 0 Å². The van der Waals surface area contributed by atoms with E-state index in [1.807, 2.05) is 0 Å². The van der Waals surface area contributed by atoms with Crippen molar-refractivity contribution in [2.45, 2.75) is 116 Å². The fourth-order valence-electron chi connectivity index (χ4n) is 5.49. The Hall–Kier alpha value is -0.530. The second-order valence-electron chi connectivity index (χ2n) is 9.06. The Morgan fingerprint density at radius 2 is 1.12 bits per heavy atom. The van der Waals surface area contributed by atoms with Crippen LogP contribution in [-0.2, 0) is 4.79 Å². The number of aliphatic carboxylic acids is 1. The first-order chi connectivity index (χ1) is 12.2. The fraction of sp³-hybridized carbons (Fsp3) is 0.957. The highest BCUT2D eigenvalue weighted by Gasteiger charge is 2.28. The molecule has 3 unspecified atom stereocenters. The first-order valence-electron chi connectivity index (χ1n) is 11.4. The van der Waals surface area contributed by atoms with E-state index in [9.17, 15) is 9.90 Å². The van der Waals surface area contributed by atoms with Gasteiger partial charge in [0.15, 0.2) is 0 Å². The number of carboxylic acid groups (broad SMARTS) is 1. The lowest BCUT2D eigenvalue weighted by molar-refractivity contribution is -0.142. The SMILES string of the molecule is CC1CCCCC(C(=O)O)CCCC1C1CCCCCCCCCC1. The monoisotopic (exact) mass is 350 g/mol. The van der Waals surface area contributed by atoms with Gasteiger partial charge in [-0.25, -0.2) is 0 Å². The van der Waals surface area contributed by atoms with Gasteiger partial charge in [-0.3, -0.25) is 4.79 Å². The number of hydrogen-bond donors (Lipinski definition) is 1. The van der Waals surface area contributed by atoms with Crippen LogP contribution < -0.4 is 0 Å². The summed E-state index contributed by atoms with van der Waals surface area (Å²) in [6, 6.07) is 0. The van der Waals surface area contributed by atoms with Crippen LogP contribution in [0.5, 0.6) is 0 Å². The molecular weight excluding hydrogens is 308 g/mol. The van der Waals surface area contributed by atoms with Crippen molar-refractivity contribution >= 4 is 5.97 Å². The van der Waals surface area contributed by atoms with Crippen LogP contribution in [0.2, 0.25) is 0 Å². The minimum Gasteiger partial charge on any atom is -0.481 e. The van der Waals surface area contributed by atoms with Crippen molar-refractivity contribution in [2.75, 3.05) is 0 Å². The molecule has 0 aromatic heterocycles. The number of rotatable bonds is 2. The van der Waals surface area contributed by atoms with Gasteiger partial charge in [0.2, 0.25) is 0 Å². The van der Waals surface area contributed by atoms with E-state index in [-0.39, 0.29) is 5.92 Å². The summed E-state index contributed by atoms with van der Waals surface area (Å²) in [7, 11) is 0. The second kappa shape index (κ2) is 12.0. The van der Waals surface area contributed by atoms with Crippen LogP contribution in [0.3, 0.4) is 0 Å². The minimum atomic E-state index is -0.555. The Morgan fingerprint density at radius 3 is 1.72 bits per heavy atom. The van der Waals surface area contributed by atoms with Crippen LogP contribution in [0.1, 0.15) is 116 Å². The highest BCUT2D eigenvalue weighted by molar-refractivity contribution is 5.69. The van der Waals surface area contributed by atoms with Crippen LogP contribution in [0.4, 0.5) is 0 Å².